The van der Waals surface area contributed by atoms with E-state index in [0.717, 1.165) is 6.42 Å². The number of carboxylic acids is 1. The zero-order valence-electron chi connectivity index (χ0n) is 9.71. The van der Waals surface area contributed by atoms with Crippen LogP contribution in [0, 0.1) is 12.8 Å². The molecule has 0 aliphatic rings. The van der Waals surface area contributed by atoms with E-state index in [4.69, 9.17) is 15.3 Å². The second-order valence-corrected chi connectivity index (χ2v) is 4.04. The van der Waals surface area contributed by atoms with Gasteiger partial charge in [0, 0.05) is 18.5 Å². The van der Waals surface area contributed by atoms with Crippen LogP contribution in [0.3, 0.4) is 0 Å². The van der Waals surface area contributed by atoms with Gasteiger partial charge < -0.3 is 27.7 Å². The molecule has 0 atom stereocenters. The predicted molar refractivity (Wildman–Crippen MR) is 56.8 cm³/mol. The Morgan fingerprint density at radius 1 is 1.50 bits per heavy atom. The number of rotatable bonds is 4. The van der Waals surface area contributed by atoms with Crippen LogP contribution < -0.4 is 18.1 Å². The molecule has 0 saturated heterocycles. The van der Waals surface area contributed by atoms with Crippen LogP contribution in [0.5, 0.6) is 0 Å². The molecule has 0 aromatic carbocycles. The van der Waals surface area contributed by atoms with Crippen molar-refractivity contribution in [3.63, 3.8) is 0 Å². The number of carboxylic acid groups (broad SMARTS) is 1. The highest BCUT2D eigenvalue weighted by molar-refractivity contribution is 5.90. The van der Waals surface area contributed by atoms with Gasteiger partial charge >= 0.3 is 5.97 Å². The van der Waals surface area contributed by atoms with Gasteiger partial charge in [-0.15, -0.1) is 0 Å². The van der Waals surface area contributed by atoms with Gasteiger partial charge in [0.25, 0.3) is 0 Å². The van der Waals surface area contributed by atoms with Crippen molar-refractivity contribution >= 4 is 5.97 Å². The number of aryl methyl sites for hydroxylation is 1. The summed E-state index contributed by atoms with van der Waals surface area (Å²) < 4.78 is 5.45. The van der Waals surface area contributed by atoms with Crippen molar-refractivity contribution in [1.29, 1.82) is 0 Å². The Kier molecular flexibility index (Phi) is 5.55. The third kappa shape index (κ3) is 3.00. The van der Waals surface area contributed by atoms with Crippen molar-refractivity contribution in [2.45, 2.75) is 33.7 Å². The van der Waals surface area contributed by atoms with E-state index in [1.807, 2.05) is 0 Å². The normalized spacial score (nSPS) is 10.3. The van der Waals surface area contributed by atoms with E-state index in [1.165, 1.54) is 0 Å². The number of furan rings is 1. The molecule has 0 spiro atoms. The van der Waals surface area contributed by atoms with E-state index in [9.17, 15) is 4.79 Å². The Morgan fingerprint density at radius 2 is 2.06 bits per heavy atom. The van der Waals surface area contributed by atoms with Gasteiger partial charge in [0.2, 0.25) is 0 Å². The van der Waals surface area contributed by atoms with Gasteiger partial charge in [-0.25, -0.2) is 4.79 Å². The molecule has 16 heavy (non-hydrogen) atoms. The molecule has 0 saturated carbocycles. The molecule has 1 aromatic heterocycles. The Balaban J connectivity index is 0.00000225. The summed E-state index contributed by atoms with van der Waals surface area (Å²) in [6.07, 6.45) is 0.723. The highest BCUT2D eigenvalue weighted by atomic mass is 35.5. The lowest BCUT2D eigenvalue weighted by atomic mass is 10.0. The van der Waals surface area contributed by atoms with Gasteiger partial charge in [0.05, 0.1) is 0 Å². The fourth-order valence-corrected chi connectivity index (χ4v) is 1.68. The van der Waals surface area contributed by atoms with Crippen LogP contribution in [-0.4, -0.2) is 11.1 Å². The van der Waals surface area contributed by atoms with Crippen molar-refractivity contribution < 1.29 is 26.7 Å². The van der Waals surface area contributed by atoms with E-state index in [2.05, 4.69) is 13.8 Å². The first-order chi connectivity index (χ1) is 6.97. The molecule has 1 heterocycles. The minimum absolute atomic E-state index is 0. The first kappa shape index (κ1) is 15.0. The molecule has 4 nitrogen and oxygen atoms in total. The van der Waals surface area contributed by atoms with Crippen molar-refractivity contribution in [1.82, 2.24) is 0 Å². The highest BCUT2D eigenvalue weighted by Gasteiger charge is 2.21. The van der Waals surface area contributed by atoms with Gasteiger partial charge in [-0.2, -0.15) is 0 Å². The summed E-state index contributed by atoms with van der Waals surface area (Å²) in [6, 6.07) is 0. The molecule has 0 amide bonds. The summed E-state index contributed by atoms with van der Waals surface area (Å²) in [5.41, 5.74) is 6.42. The average molecular weight is 247 g/mol. The van der Waals surface area contributed by atoms with Crippen molar-refractivity contribution in [2.75, 3.05) is 0 Å². The van der Waals surface area contributed by atoms with Crippen molar-refractivity contribution in [2.24, 2.45) is 11.7 Å². The molecule has 0 aliphatic heterocycles. The molecular weight excluding hydrogens is 230 g/mol. The lowest BCUT2D eigenvalue weighted by Gasteiger charge is -2.03. The van der Waals surface area contributed by atoms with Gasteiger partial charge in [-0.3, -0.25) is 0 Å². The Bertz CT molecular complexity index is 372. The zero-order chi connectivity index (χ0) is 11.6. The number of hydrogen-bond donors (Lipinski definition) is 2. The van der Waals surface area contributed by atoms with Crippen LogP contribution in [0.1, 0.15) is 41.3 Å². The summed E-state index contributed by atoms with van der Waals surface area (Å²) in [5.74, 6) is 0.607. The monoisotopic (exact) mass is 246 g/mol. The lowest BCUT2D eigenvalue weighted by Crippen LogP contribution is -3.00. The highest BCUT2D eigenvalue weighted by Crippen LogP contribution is 2.24. The summed E-state index contributed by atoms with van der Waals surface area (Å²) in [7, 11) is 0. The Morgan fingerprint density at radius 3 is 2.44 bits per heavy atom. The van der Waals surface area contributed by atoms with Crippen LogP contribution in [0.2, 0.25) is 0 Å². The third-order valence-corrected chi connectivity index (χ3v) is 2.28. The SMILES string of the molecule is Cc1oc(CC(C)C)c(CN)c1C(=O)O.[Cl-]. The molecule has 0 aliphatic carbocycles. The number of nitrogens with two attached hydrogens (primary N) is 1. The van der Waals surface area contributed by atoms with Crippen LogP contribution in [-0.2, 0) is 13.0 Å². The Labute approximate surface area is 101 Å². The van der Waals surface area contributed by atoms with E-state index < -0.39 is 5.97 Å². The van der Waals surface area contributed by atoms with Crippen LogP contribution in [0.25, 0.3) is 0 Å². The summed E-state index contributed by atoms with van der Waals surface area (Å²) in [4.78, 5) is 11.0. The predicted octanol–water partition coefficient (Wildman–Crippen LogP) is -1.05. The van der Waals surface area contributed by atoms with Gasteiger partial charge in [0.1, 0.15) is 17.1 Å². The number of halogens is 1. The number of hydrogen-bond acceptors (Lipinski definition) is 3. The van der Waals surface area contributed by atoms with Crippen LogP contribution in [0.4, 0.5) is 0 Å². The topological polar surface area (TPSA) is 76.5 Å². The molecule has 1 aromatic rings. The first-order valence-corrected chi connectivity index (χ1v) is 5.01. The van der Waals surface area contributed by atoms with E-state index in [0.29, 0.717) is 23.0 Å². The molecule has 0 unspecified atom stereocenters. The first-order valence-electron chi connectivity index (χ1n) is 5.01. The van der Waals surface area contributed by atoms with E-state index in [1.54, 1.807) is 6.92 Å². The smallest absolute Gasteiger partial charge is 0.339 e. The molecule has 92 valence electrons. The zero-order valence-corrected chi connectivity index (χ0v) is 10.5. The second kappa shape index (κ2) is 5.92. The maximum Gasteiger partial charge on any atom is 0.339 e. The summed E-state index contributed by atoms with van der Waals surface area (Å²) in [5, 5.41) is 9.01. The lowest BCUT2D eigenvalue weighted by molar-refractivity contribution is -0.0000204. The fraction of sp³-hybridized carbons (Fsp3) is 0.545. The minimum atomic E-state index is -0.966. The quantitative estimate of drug-likeness (QED) is 0.711. The maximum atomic E-state index is 11.0. The Hall–Kier alpha value is -1.00. The molecule has 0 fully saturated rings. The molecule has 1 rings (SSSR count). The van der Waals surface area contributed by atoms with Gasteiger partial charge in [0.15, 0.2) is 0 Å². The van der Waals surface area contributed by atoms with Crippen molar-refractivity contribution in [3.8, 4) is 0 Å². The largest absolute Gasteiger partial charge is 1.00 e. The van der Waals surface area contributed by atoms with Crippen LogP contribution >= 0.6 is 0 Å². The maximum absolute atomic E-state index is 11.0. The average Bonchev–Trinajstić information content (AvgIpc) is 2.40. The number of aromatic carboxylic acids is 1. The minimum Gasteiger partial charge on any atom is -1.00 e. The third-order valence-electron chi connectivity index (χ3n) is 2.28. The standard InChI is InChI=1S/C11H17NO3.ClH/c1-6(2)4-9-8(5-12)10(11(13)14)7(3)15-9;/h6H,4-5,12H2,1-3H3,(H,13,14);1H/p-1. The summed E-state index contributed by atoms with van der Waals surface area (Å²) in [6.45, 7) is 5.98. The molecule has 0 radical (unpaired) electrons. The molecular formula is C11H17ClNO3-. The fourth-order valence-electron chi connectivity index (χ4n) is 1.68. The van der Waals surface area contributed by atoms with Gasteiger partial charge in [-0.1, -0.05) is 13.8 Å². The van der Waals surface area contributed by atoms with Crippen molar-refractivity contribution in [3.05, 3.63) is 22.6 Å². The van der Waals surface area contributed by atoms with E-state index in [-0.39, 0.29) is 24.5 Å². The second-order valence-electron chi connectivity index (χ2n) is 4.04. The van der Waals surface area contributed by atoms with E-state index >= 15 is 0 Å². The number of carbonyl (C=O) groups is 1. The molecule has 5 heteroatoms. The van der Waals surface area contributed by atoms with Gasteiger partial charge in [-0.05, 0) is 12.8 Å². The summed E-state index contributed by atoms with van der Waals surface area (Å²) >= 11 is 0. The van der Waals surface area contributed by atoms with Crippen LogP contribution in [0.15, 0.2) is 4.42 Å². The molecule has 0 bridgehead atoms. The molecule has 3 N–H and O–H groups in total.